The van der Waals surface area contributed by atoms with Crippen molar-refractivity contribution in [2.75, 3.05) is 0 Å². The third kappa shape index (κ3) is 2.66. The van der Waals surface area contributed by atoms with Gasteiger partial charge >= 0.3 is 0 Å². The molecule has 4 rings (SSSR count). The molecule has 0 radical (unpaired) electrons. The molecule has 142 valence electrons. The molecule has 26 heavy (non-hydrogen) atoms. The molecule has 0 aromatic rings. The van der Waals surface area contributed by atoms with Gasteiger partial charge in [0, 0.05) is 5.92 Å². The van der Waals surface area contributed by atoms with E-state index in [4.69, 9.17) is 9.47 Å². The maximum Gasteiger partial charge on any atom is 0.155 e. The molecule has 2 aliphatic heterocycles. The van der Waals surface area contributed by atoms with Gasteiger partial charge in [0.1, 0.15) is 0 Å². The fourth-order valence-electron chi connectivity index (χ4n) is 5.85. The molecule has 2 aliphatic carbocycles. The first-order valence-electron chi connectivity index (χ1n) is 10.1. The normalized spacial score (nSPS) is 50.1. The van der Waals surface area contributed by atoms with Crippen molar-refractivity contribution in [3.8, 4) is 0 Å². The van der Waals surface area contributed by atoms with Crippen LogP contribution in [0.1, 0.15) is 54.4 Å². The Morgan fingerprint density at radius 2 is 1.85 bits per heavy atom. The second-order valence-electron chi connectivity index (χ2n) is 9.29. The lowest BCUT2D eigenvalue weighted by Crippen LogP contribution is -2.48. The summed E-state index contributed by atoms with van der Waals surface area (Å²) >= 11 is 0. The summed E-state index contributed by atoms with van der Waals surface area (Å²) in [6.07, 6.45) is 11.7. The van der Waals surface area contributed by atoms with Crippen LogP contribution in [-0.4, -0.2) is 29.2 Å². The van der Waals surface area contributed by atoms with Crippen LogP contribution in [0.15, 0.2) is 35.5 Å². The predicted molar refractivity (Wildman–Crippen MR) is 103 cm³/mol. The summed E-state index contributed by atoms with van der Waals surface area (Å²) in [4.78, 5) is 11.5. The summed E-state index contributed by atoms with van der Waals surface area (Å²) < 4.78 is 12.4. The van der Waals surface area contributed by atoms with E-state index in [-0.39, 0.29) is 17.0 Å². The van der Waals surface area contributed by atoms with Crippen LogP contribution in [-0.2, 0) is 14.3 Å². The molecule has 0 N–H and O–H groups in total. The van der Waals surface area contributed by atoms with Crippen LogP contribution in [0.5, 0.6) is 0 Å². The molecule has 2 saturated heterocycles. The van der Waals surface area contributed by atoms with Crippen molar-refractivity contribution in [2.45, 2.75) is 77.8 Å². The number of ketones is 1. The second kappa shape index (κ2) is 5.90. The van der Waals surface area contributed by atoms with Crippen LogP contribution < -0.4 is 0 Å². The maximum atomic E-state index is 11.5. The van der Waals surface area contributed by atoms with Gasteiger partial charge < -0.3 is 9.47 Å². The van der Waals surface area contributed by atoms with Crippen LogP contribution in [0.25, 0.3) is 0 Å². The first-order chi connectivity index (χ1) is 12.2. The third-order valence-corrected chi connectivity index (χ3v) is 7.67. The number of hydrogen-bond acceptors (Lipinski definition) is 3. The van der Waals surface area contributed by atoms with Crippen molar-refractivity contribution >= 4 is 5.78 Å². The number of carbonyl (C=O) groups is 1. The molecule has 2 saturated carbocycles. The molecule has 3 heteroatoms. The van der Waals surface area contributed by atoms with E-state index in [1.165, 1.54) is 5.57 Å². The Morgan fingerprint density at radius 1 is 1.12 bits per heavy atom. The summed E-state index contributed by atoms with van der Waals surface area (Å²) in [5.41, 5.74) is 2.27. The van der Waals surface area contributed by atoms with Gasteiger partial charge in [0.25, 0.3) is 0 Å². The lowest BCUT2D eigenvalue weighted by atomic mass is 9.55. The molecular weight excluding hydrogens is 324 g/mol. The average molecular weight is 357 g/mol. The molecular formula is C23H32O3. The SMILES string of the molecule is CC=C(C)C1C(C=CC=C(C)C(C)=O)C2CC3OC3(C)CC2C2OC21C. The molecule has 0 aromatic heterocycles. The van der Waals surface area contributed by atoms with Crippen molar-refractivity contribution in [3.05, 3.63) is 35.5 Å². The zero-order valence-electron chi connectivity index (χ0n) is 16.9. The molecule has 0 spiro atoms. The highest BCUT2D eigenvalue weighted by Crippen LogP contribution is 2.67. The summed E-state index contributed by atoms with van der Waals surface area (Å²) in [6, 6.07) is 0. The van der Waals surface area contributed by atoms with Gasteiger partial charge in [0.05, 0.1) is 23.4 Å². The molecule has 0 bridgehead atoms. The van der Waals surface area contributed by atoms with Gasteiger partial charge in [0.2, 0.25) is 0 Å². The highest BCUT2D eigenvalue weighted by Gasteiger charge is 2.72. The van der Waals surface area contributed by atoms with Gasteiger partial charge in [0.15, 0.2) is 5.78 Å². The number of hydrogen-bond donors (Lipinski definition) is 0. The summed E-state index contributed by atoms with van der Waals surface area (Å²) in [5.74, 6) is 2.15. The lowest BCUT2D eigenvalue weighted by Gasteiger charge is -2.45. The fourth-order valence-corrected chi connectivity index (χ4v) is 5.85. The van der Waals surface area contributed by atoms with E-state index in [9.17, 15) is 4.79 Å². The first-order valence-corrected chi connectivity index (χ1v) is 10.1. The first kappa shape index (κ1) is 18.2. The fraction of sp³-hybridized carbons (Fsp3) is 0.696. The molecule has 8 unspecified atom stereocenters. The highest BCUT2D eigenvalue weighted by molar-refractivity contribution is 5.92. The van der Waals surface area contributed by atoms with Gasteiger partial charge in [-0.2, -0.15) is 0 Å². The minimum Gasteiger partial charge on any atom is -0.366 e. The van der Waals surface area contributed by atoms with Crippen LogP contribution in [0.3, 0.4) is 0 Å². The number of Topliss-reactive ketones (excluding diaryl/α,β-unsaturated/α-hetero) is 1. The van der Waals surface area contributed by atoms with Crippen molar-refractivity contribution < 1.29 is 14.3 Å². The number of ether oxygens (including phenoxy) is 2. The molecule has 2 heterocycles. The molecule has 8 atom stereocenters. The quantitative estimate of drug-likeness (QED) is 0.319. The monoisotopic (exact) mass is 356 g/mol. The molecule has 0 amide bonds. The van der Waals surface area contributed by atoms with Gasteiger partial charge in [-0.1, -0.05) is 29.9 Å². The maximum absolute atomic E-state index is 11.5. The Labute approximate surface area is 157 Å². The van der Waals surface area contributed by atoms with Gasteiger partial charge in [-0.3, -0.25) is 4.79 Å². The van der Waals surface area contributed by atoms with E-state index in [0.717, 1.165) is 18.4 Å². The Kier molecular flexibility index (Phi) is 4.13. The topological polar surface area (TPSA) is 42.1 Å². The summed E-state index contributed by atoms with van der Waals surface area (Å²) in [7, 11) is 0. The van der Waals surface area contributed by atoms with Crippen LogP contribution >= 0.6 is 0 Å². The Morgan fingerprint density at radius 3 is 2.50 bits per heavy atom. The molecule has 0 aromatic carbocycles. The largest absolute Gasteiger partial charge is 0.366 e. The number of rotatable bonds is 4. The van der Waals surface area contributed by atoms with E-state index >= 15 is 0 Å². The van der Waals surface area contributed by atoms with Gasteiger partial charge in [-0.05, 0) is 77.7 Å². The number of epoxide rings is 2. The third-order valence-electron chi connectivity index (χ3n) is 7.67. The van der Waals surface area contributed by atoms with Crippen molar-refractivity contribution in [1.82, 2.24) is 0 Å². The number of allylic oxidation sites excluding steroid dienone is 5. The van der Waals surface area contributed by atoms with Crippen molar-refractivity contribution in [3.63, 3.8) is 0 Å². The standard InChI is InChI=1S/C23H32O3/c1-7-13(2)20-16(10-8-9-14(3)15(4)24)17-11-19-22(5,25-19)12-18(17)21-23(20,6)26-21/h7-10,16-21H,11-12H2,1-6H3. The van der Waals surface area contributed by atoms with E-state index in [1.807, 2.05) is 13.0 Å². The predicted octanol–water partition coefficient (Wildman–Crippen LogP) is 4.63. The minimum atomic E-state index is -0.0514. The van der Waals surface area contributed by atoms with Gasteiger partial charge in [-0.15, -0.1) is 0 Å². The van der Waals surface area contributed by atoms with E-state index in [1.54, 1.807) is 6.92 Å². The number of fused-ring (bicyclic) bond motifs is 4. The Balaban J connectivity index is 1.67. The van der Waals surface area contributed by atoms with E-state index < -0.39 is 0 Å². The lowest BCUT2D eigenvalue weighted by molar-refractivity contribution is -0.113. The Bertz CT molecular complexity index is 717. The number of carbonyl (C=O) groups excluding carboxylic acids is 1. The molecule has 4 aliphatic rings. The van der Waals surface area contributed by atoms with Crippen LogP contribution in [0.2, 0.25) is 0 Å². The summed E-state index contributed by atoms with van der Waals surface area (Å²) in [5, 5.41) is 0. The average Bonchev–Trinajstić information content (AvgIpc) is 3.45. The van der Waals surface area contributed by atoms with E-state index in [0.29, 0.717) is 35.9 Å². The highest BCUT2D eigenvalue weighted by atomic mass is 16.6. The zero-order valence-corrected chi connectivity index (χ0v) is 16.9. The minimum absolute atomic E-state index is 0.0514. The second-order valence-corrected chi connectivity index (χ2v) is 9.29. The molecule has 4 fully saturated rings. The van der Waals surface area contributed by atoms with Crippen molar-refractivity contribution in [1.29, 1.82) is 0 Å². The summed E-state index contributed by atoms with van der Waals surface area (Å²) in [6.45, 7) is 12.4. The Hall–Kier alpha value is -1.19. The molecule has 3 nitrogen and oxygen atoms in total. The van der Waals surface area contributed by atoms with E-state index in [2.05, 4.69) is 45.9 Å². The van der Waals surface area contributed by atoms with Crippen LogP contribution in [0, 0.1) is 23.7 Å². The van der Waals surface area contributed by atoms with Crippen LogP contribution in [0.4, 0.5) is 0 Å². The van der Waals surface area contributed by atoms with Gasteiger partial charge in [-0.25, -0.2) is 0 Å². The van der Waals surface area contributed by atoms with Crippen molar-refractivity contribution in [2.24, 2.45) is 23.7 Å². The smallest absolute Gasteiger partial charge is 0.155 e. The zero-order chi connectivity index (χ0) is 18.9.